The lowest BCUT2D eigenvalue weighted by Crippen LogP contribution is -2.43. The van der Waals surface area contributed by atoms with Crippen LogP contribution < -0.4 is 5.32 Å². The van der Waals surface area contributed by atoms with Crippen molar-refractivity contribution in [1.29, 1.82) is 0 Å². The van der Waals surface area contributed by atoms with Crippen molar-refractivity contribution in [2.75, 3.05) is 0 Å². The number of hydrogen-bond donors (Lipinski definition) is 1. The fourth-order valence-electron chi connectivity index (χ4n) is 4.11. The predicted molar refractivity (Wildman–Crippen MR) is 107 cm³/mol. The van der Waals surface area contributed by atoms with Gasteiger partial charge in [-0.15, -0.1) is 0 Å². The van der Waals surface area contributed by atoms with Crippen LogP contribution in [0.15, 0.2) is 48.5 Å². The van der Waals surface area contributed by atoms with Gasteiger partial charge in [-0.3, -0.25) is 0 Å². The maximum Gasteiger partial charge on any atom is 0.143 e. The second-order valence-corrected chi connectivity index (χ2v) is 7.68. The molecule has 0 spiro atoms. The van der Waals surface area contributed by atoms with Gasteiger partial charge in [-0.2, -0.15) is 0 Å². The summed E-state index contributed by atoms with van der Waals surface area (Å²) in [6, 6.07) is 16.5. The number of nitrogens with zero attached hydrogens (tertiary/aromatic N) is 2. The molecule has 2 aromatic carbocycles. The van der Waals surface area contributed by atoms with Crippen LogP contribution in [0.4, 0.5) is 0 Å². The quantitative estimate of drug-likeness (QED) is 0.659. The molecule has 0 radical (unpaired) electrons. The molecule has 1 fully saturated rings. The largest absolute Gasteiger partial charge is 0.300 e. The molecule has 0 aliphatic heterocycles. The molecule has 3 nitrogen and oxygen atoms in total. The third kappa shape index (κ3) is 3.46. The molecule has 26 heavy (non-hydrogen) atoms. The summed E-state index contributed by atoms with van der Waals surface area (Å²) in [7, 11) is 0. The highest BCUT2D eigenvalue weighted by molar-refractivity contribution is 6.30. The molecule has 0 saturated heterocycles. The number of nitrogens with one attached hydrogen (secondary N) is 1. The molecule has 1 saturated carbocycles. The minimum atomic E-state index is -0.00819. The third-order valence-electron chi connectivity index (χ3n) is 5.53. The number of para-hydroxylation sites is 1. The van der Waals surface area contributed by atoms with Gasteiger partial charge >= 0.3 is 0 Å². The van der Waals surface area contributed by atoms with E-state index in [1.807, 2.05) is 24.3 Å². The number of hydrogen-bond acceptors (Lipinski definition) is 3. The van der Waals surface area contributed by atoms with E-state index in [1.54, 1.807) is 0 Å². The molecule has 1 aliphatic carbocycles. The van der Waals surface area contributed by atoms with Crippen LogP contribution in [0.2, 0.25) is 5.02 Å². The summed E-state index contributed by atoms with van der Waals surface area (Å²) in [4.78, 5) is 9.49. The van der Waals surface area contributed by atoms with Crippen molar-refractivity contribution in [1.82, 2.24) is 15.3 Å². The van der Waals surface area contributed by atoms with Crippen molar-refractivity contribution in [3.63, 3.8) is 0 Å². The van der Waals surface area contributed by atoms with Crippen LogP contribution in [0, 0.1) is 6.92 Å². The van der Waals surface area contributed by atoms with Crippen molar-refractivity contribution in [3.05, 3.63) is 70.6 Å². The molecule has 4 rings (SSSR count). The number of aryl methyl sites for hydroxylation is 1. The van der Waals surface area contributed by atoms with E-state index in [4.69, 9.17) is 21.6 Å². The molecule has 1 aliphatic rings. The van der Waals surface area contributed by atoms with Crippen molar-refractivity contribution < 1.29 is 0 Å². The molecule has 0 bridgehead atoms. The zero-order chi connectivity index (χ0) is 18.0. The zero-order valence-corrected chi connectivity index (χ0v) is 15.9. The molecule has 4 heteroatoms. The van der Waals surface area contributed by atoms with E-state index in [2.05, 4.69) is 36.5 Å². The summed E-state index contributed by atoms with van der Waals surface area (Å²) >= 11 is 6.10. The first-order valence-corrected chi connectivity index (χ1v) is 9.77. The Morgan fingerprint density at radius 1 is 0.962 bits per heavy atom. The number of benzene rings is 2. The fourth-order valence-corrected chi connectivity index (χ4v) is 4.24. The van der Waals surface area contributed by atoms with E-state index in [0.29, 0.717) is 6.54 Å². The lowest BCUT2D eigenvalue weighted by Gasteiger charge is -2.39. The van der Waals surface area contributed by atoms with Crippen LogP contribution in [-0.4, -0.2) is 9.97 Å². The zero-order valence-electron chi connectivity index (χ0n) is 15.1. The highest BCUT2D eigenvalue weighted by Gasteiger charge is 2.33. The lowest BCUT2D eigenvalue weighted by atomic mass is 9.76. The first kappa shape index (κ1) is 17.4. The van der Waals surface area contributed by atoms with Crippen molar-refractivity contribution in [3.8, 4) is 0 Å². The van der Waals surface area contributed by atoms with Crippen molar-refractivity contribution in [2.24, 2.45) is 0 Å². The number of halogens is 1. The molecule has 1 heterocycles. The summed E-state index contributed by atoms with van der Waals surface area (Å²) in [6.07, 6.45) is 6.07. The molecule has 1 N–H and O–H groups in total. The average molecular weight is 366 g/mol. The van der Waals surface area contributed by atoms with Gasteiger partial charge in [0.1, 0.15) is 5.82 Å². The van der Waals surface area contributed by atoms with Gasteiger partial charge in [-0.05, 0) is 43.5 Å². The Bertz CT molecular complexity index is 899. The Hall–Kier alpha value is -1.97. The SMILES string of the molecule is Cc1nc(CNC2(c3ccc(Cl)cc3)CCCCC2)nc2ccccc12. The number of fused-ring (bicyclic) bond motifs is 1. The van der Waals surface area contributed by atoms with Crippen LogP contribution >= 0.6 is 11.6 Å². The Labute approximate surface area is 159 Å². The first-order valence-electron chi connectivity index (χ1n) is 9.40. The summed E-state index contributed by atoms with van der Waals surface area (Å²) in [5.74, 6) is 0.861. The van der Waals surface area contributed by atoms with Crippen LogP contribution in [0.25, 0.3) is 10.9 Å². The fraction of sp³-hybridized carbons (Fsp3) is 0.364. The van der Waals surface area contributed by atoms with Crippen LogP contribution in [-0.2, 0) is 12.1 Å². The summed E-state index contributed by atoms with van der Waals surface area (Å²) in [5, 5.41) is 5.72. The molecule has 0 unspecified atom stereocenters. The summed E-state index contributed by atoms with van der Waals surface area (Å²) < 4.78 is 0. The van der Waals surface area contributed by atoms with Gasteiger partial charge in [0.2, 0.25) is 0 Å². The van der Waals surface area contributed by atoms with Gasteiger partial charge in [-0.25, -0.2) is 9.97 Å². The van der Waals surface area contributed by atoms with E-state index in [-0.39, 0.29) is 5.54 Å². The van der Waals surface area contributed by atoms with Gasteiger partial charge in [0.05, 0.1) is 12.1 Å². The monoisotopic (exact) mass is 365 g/mol. The molecule has 0 atom stereocenters. The molecular weight excluding hydrogens is 342 g/mol. The van der Waals surface area contributed by atoms with E-state index < -0.39 is 0 Å². The van der Waals surface area contributed by atoms with Gasteiger partial charge in [0.25, 0.3) is 0 Å². The van der Waals surface area contributed by atoms with E-state index >= 15 is 0 Å². The number of aromatic nitrogens is 2. The predicted octanol–water partition coefficient (Wildman–Crippen LogP) is 5.54. The summed E-state index contributed by atoms with van der Waals surface area (Å²) in [5.41, 5.74) is 3.36. The molecule has 0 amide bonds. The van der Waals surface area contributed by atoms with E-state index in [0.717, 1.165) is 40.3 Å². The van der Waals surface area contributed by atoms with E-state index in [1.165, 1.54) is 24.8 Å². The standard InChI is InChI=1S/C22H24ClN3/c1-16-19-7-3-4-8-20(19)26-21(25-16)15-24-22(13-5-2-6-14-22)17-9-11-18(23)12-10-17/h3-4,7-12,24H,2,5-6,13-15H2,1H3. The van der Waals surface area contributed by atoms with Crippen LogP contribution in [0.5, 0.6) is 0 Å². The van der Waals surface area contributed by atoms with Gasteiger partial charge in [0, 0.05) is 21.6 Å². The van der Waals surface area contributed by atoms with Crippen molar-refractivity contribution >= 4 is 22.5 Å². The molecule has 134 valence electrons. The van der Waals surface area contributed by atoms with Crippen LogP contribution in [0.1, 0.15) is 49.2 Å². The number of rotatable bonds is 4. The normalized spacial score (nSPS) is 16.7. The van der Waals surface area contributed by atoms with Crippen LogP contribution in [0.3, 0.4) is 0 Å². The maximum atomic E-state index is 6.10. The van der Waals surface area contributed by atoms with Gasteiger partial charge < -0.3 is 5.32 Å². The molecular formula is C22H24ClN3. The van der Waals surface area contributed by atoms with Gasteiger partial charge in [-0.1, -0.05) is 61.2 Å². The Morgan fingerprint density at radius 2 is 1.69 bits per heavy atom. The van der Waals surface area contributed by atoms with Gasteiger partial charge in [0.15, 0.2) is 0 Å². The topological polar surface area (TPSA) is 37.8 Å². The van der Waals surface area contributed by atoms with E-state index in [9.17, 15) is 0 Å². The molecule has 1 aromatic heterocycles. The summed E-state index contributed by atoms with van der Waals surface area (Å²) in [6.45, 7) is 2.73. The Balaban J connectivity index is 1.62. The molecule has 3 aromatic rings. The second kappa shape index (κ2) is 7.34. The minimum Gasteiger partial charge on any atom is -0.300 e. The Morgan fingerprint density at radius 3 is 2.46 bits per heavy atom. The highest BCUT2D eigenvalue weighted by atomic mass is 35.5. The third-order valence-corrected chi connectivity index (χ3v) is 5.78. The highest BCUT2D eigenvalue weighted by Crippen LogP contribution is 2.37. The average Bonchev–Trinajstić information content (AvgIpc) is 2.68. The van der Waals surface area contributed by atoms with Crippen molar-refractivity contribution in [2.45, 2.75) is 51.1 Å². The Kier molecular flexibility index (Phi) is 4.92. The second-order valence-electron chi connectivity index (χ2n) is 7.25. The lowest BCUT2D eigenvalue weighted by molar-refractivity contribution is 0.229. The minimum absolute atomic E-state index is 0.00819. The first-order chi connectivity index (χ1) is 12.7. The maximum absolute atomic E-state index is 6.10. The smallest absolute Gasteiger partial charge is 0.143 e.